The zero-order valence-corrected chi connectivity index (χ0v) is 15.3. The number of aromatic nitrogens is 2. The van der Waals surface area contributed by atoms with Gasteiger partial charge in [0.05, 0.1) is 5.69 Å². The predicted molar refractivity (Wildman–Crippen MR) is 102 cm³/mol. The maximum absolute atomic E-state index is 13.6. The van der Waals surface area contributed by atoms with Crippen molar-refractivity contribution in [3.63, 3.8) is 0 Å². The number of nitrogens with one attached hydrogen (secondary N) is 2. The maximum atomic E-state index is 13.6. The van der Waals surface area contributed by atoms with Gasteiger partial charge in [0.15, 0.2) is 17.3 Å². The Morgan fingerprint density at radius 1 is 1.18 bits per heavy atom. The molecule has 6 nitrogen and oxygen atoms in total. The van der Waals surface area contributed by atoms with Crippen molar-refractivity contribution in [3.8, 4) is 5.75 Å². The van der Waals surface area contributed by atoms with E-state index in [1.54, 1.807) is 29.2 Å². The molecule has 0 unspecified atom stereocenters. The van der Waals surface area contributed by atoms with Crippen molar-refractivity contribution >= 4 is 5.91 Å². The van der Waals surface area contributed by atoms with E-state index < -0.39 is 5.82 Å². The van der Waals surface area contributed by atoms with Crippen molar-refractivity contribution < 1.29 is 13.9 Å². The molecule has 1 saturated heterocycles. The van der Waals surface area contributed by atoms with Gasteiger partial charge in [0, 0.05) is 25.7 Å². The molecule has 2 N–H and O–H groups in total. The van der Waals surface area contributed by atoms with Gasteiger partial charge >= 0.3 is 0 Å². The molecule has 1 fully saturated rings. The van der Waals surface area contributed by atoms with Crippen LogP contribution in [0, 0.1) is 5.82 Å². The number of halogens is 1. The molecule has 1 atom stereocenters. The second kappa shape index (κ2) is 8.22. The van der Waals surface area contributed by atoms with Crippen LogP contribution in [0.1, 0.15) is 27.8 Å². The molecule has 0 spiro atoms. The van der Waals surface area contributed by atoms with E-state index in [1.165, 1.54) is 6.07 Å². The minimum Gasteiger partial charge on any atom is -0.484 e. The monoisotopic (exact) mass is 380 g/mol. The molecule has 2 heterocycles. The average Bonchev–Trinajstić information content (AvgIpc) is 3.22. The molecule has 4 rings (SSSR count). The first-order valence-corrected chi connectivity index (χ1v) is 9.20. The Morgan fingerprint density at radius 2 is 1.96 bits per heavy atom. The van der Waals surface area contributed by atoms with Gasteiger partial charge in [-0.1, -0.05) is 42.5 Å². The van der Waals surface area contributed by atoms with Gasteiger partial charge in [-0.2, -0.15) is 5.10 Å². The number of nitrogens with zero attached hydrogens (tertiary/aromatic N) is 2. The van der Waals surface area contributed by atoms with Crippen molar-refractivity contribution in [2.75, 3.05) is 19.6 Å². The summed E-state index contributed by atoms with van der Waals surface area (Å²) in [5, 5.41) is 10.4. The van der Waals surface area contributed by atoms with Gasteiger partial charge in [-0.3, -0.25) is 9.89 Å². The lowest BCUT2D eigenvalue weighted by Crippen LogP contribution is -2.48. The predicted octanol–water partition coefficient (Wildman–Crippen LogP) is 2.91. The number of benzene rings is 2. The van der Waals surface area contributed by atoms with Crippen LogP contribution in [-0.2, 0) is 6.61 Å². The van der Waals surface area contributed by atoms with Gasteiger partial charge in [0.25, 0.3) is 5.91 Å². The van der Waals surface area contributed by atoms with Crippen LogP contribution in [0.4, 0.5) is 4.39 Å². The first-order valence-electron chi connectivity index (χ1n) is 9.20. The first kappa shape index (κ1) is 18.2. The van der Waals surface area contributed by atoms with Gasteiger partial charge in [-0.25, -0.2) is 4.39 Å². The van der Waals surface area contributed by atoms with E-state index in [0.29, 0.717) is 24.5 Å². The van der Waals surface area contributed by atoms with E-state index in [0.717, 1.165) is 12.1 Å². The summed E-state index contributed by atoms with van der Waals surface area (Å²) in [6.07, 6.45) is 0. The molecular formula is C21H21FN4O2. The van der Waals surface area contributed by atoms with E-state index >= 15 is 0 Å². The standard InChI is InChI=1S/C21H21FN4O2/c22-17-8-4-5-9-20(17)28-14-16-12-18(25-24-16)21(27)26-11-10-23-19(13-26)15-6-2-1-3-7-15/h1-9,12,19,23H,10-11,13-14H2,(H,24,25)/t19-/m1/s1. The molecule has 144 valence electrons. The van der Waals surface area contributed by atoms with E-state index in [2.05, 4.69) is 27.6 Å². The number of hydrogen-bond donors (Lipinski definition) is 2. The quantitative estimate of drug-likeness (QED) is 0.714. The summed E-state index contributed by atoms with van der Waals surface area (Å²) < 4.78 is 19.1. The van der Waals surface area contributed by atoms with Gasteiger partial charge in [0.2, 0.25) is 0 Å². The maximum Gasteiger partial charge on any atom is 0.274 e. The van der Waals surface area contributed by atoms with Crippen LogP contribution in [0.5, 0.6) is 5.75 Å². The molecule has 1 amide bonds. The Morgan fingerprint density at radius 3 is 2.79 bits per heavy atom. The highest BCUT2D eigenvalue weighted by Gasteiger charge is 2.26. The van der Waals surface area contributed by atoms with Gasteiger partial charge in [-0.05, 0) is 23.8 Å². The van der Waals surface area contributed by atoms with E-state index in [-0.39, 0.29) is 24.3 Å². The normalized spacial score (nSPS) is 16.8. The molecule has 2 aromatic carbocycles. The van der Waals surface area contributed by atoms with Crippen LogP contribution in [0.15, 0.2) is 60.7 Å². The average molecular weight is 380 g/mol. The summed E-state index contributed by atoms with van der Waals surface area (Å²) in [5.41, 5.74) is 2.10. The minimum atomic E-state index is -0.425. The number of rotatable bonds is 5. The first-order chi connectivity index (χ1) is 13.7. The highest BCUT2D eigenvalue weighted by Crippen LogP contribution is 2.19. The number of ether oxygens (including phenoxy) is 1. The lowest BCUT2D eigenvalue weighted by molar-refractivity contribution is 0.0697. The number of carbonyl (C=O) groups is 1. The second-order valence-electron chi connectivity index (χ2n) is 6.67. The molecule has 0 saturated carbocycles. The molecule has 1 aromatic heterocycles. The smallest absolute Gasteiger partial charge is 0.274 e. The highest BCUT2D eigenvalue weighted by atomic mass is 19.1. The fraction of sp³-hybridized carbons (Fsp3) is 0.238. The van der Waals surface area contributed by atoms with Crippen LogP contribution in [0.3, 0.4) is 0 Å². The number of amides is 1. The second-order valence-corrected chi connectivity index (χ2v) is 6.67. The zero-order chi connectivity index (χ0) is 19.3. The summed E-state index contributed by atoms with van der Waals surface area (Å²) >= 11 is 0. The van der Waals surface area contributed by atoms with Crippen molar-refractivity contribution in [3.05, 3.63) is 83.4 Å². The Kier molecular flexibility index (Phi) is 5.34. The molecule has 0 radical (unpaired) electrons. The fourth-order valence-corrected chi connectivity index (χ4v) is 3.27. The Bertz CT molecular complexity index is 944. The summed E-state index contributed by atoms with van der Waals surface area (Å²) in [6.45, 7) is 2.03. The number of hydrogen-bond acceptors (Lipinski definition) is 4. The summed E-state index contributed by atoms with van der Waals surface area (Å²) in [5.74, 6) is -0.389. The fourth-order valence-electron chi connectivity index (χ4n) is 3.27. The van der Waals surface area contributed by atoms with E-state index in [4.69, 9.17) is 4.74 Å². The third-order valence-electron chi connectivity index (χ3n) is 4.73. The molecular weight excluding hydrogens is 359 g/mol. The molecule has 0 aliphatic carbocycles. The minimum absolute atomic E-state index is 0.0988. The number of aromatic amines is 1. The molecule has 3 aromatic rings. The molecule has 1 aliphatic rings. The number of para-hydroxylation sites is 1. The van der Waals surface area contributed by atoms with Crippen molar-refractivity contribution in [1.82, 2.24) is 20.4 Å². The Labute approximate surface area is 162 Å². The third-order valence-corrected chi connectivity index (χ3v) is 4.73. The van der Waals surface area contributed by atoms with E-state index in [9.17, 15) is 9.18 Å². The molecule has 7 heteroatoms. The van der Waals surface area contributed by atoms with E-state index in [1.807, 2.05) is 18.2 Å². The van der Waals surface area contributed by atoms with Crippen molar-refractivity contribution in [2.24, 2.45) is 0 Å². The van der Waals surface area contributed by atoms with Gasteiger partial charge in [-0.15, -0.1) is 0 Å². The lowest BCUT2D eigenvalue weighted by atomic mass is 10.0. The summed E-state index contributed by atoms with van der Waals surface area (Å²) in [4.78, 5) is 14.6. The number of piperazine rings is 1. The Hall–Kier alpha value is -3.19. The highest BCUT2D eigenvalue weighted by molar-refractivity contribution is 5.92. The zero-order valence-electron chi connectivity index (χ0n) is 15.3. The summed E-state index contributed by atoms with van der Waals surface area (Å²) in [6, 6.07) is 18.0. The number of carbonyl (C=O) groups excluding carboxylic acids is 1. The van der Waals surface area contributed by atoms with Gasteiger partial charge < -0.3 is 15.0 Å². The summed E-state index contributed by atoms with van der Waals surface area (Å²) in [7, 11) is 0. The van der Waals surface area contributed by atoms with Crippen LogP contribution < -0.4 is 10.1 Å². The largest absolute Gasteiger partial charge is 0.484 e. The third kappa shape index (κ3) is 4.04. The van der Waals surface area contributed by atoms with Crippen LogP contribution >= 0.6 is 0 Å². The van der Waals surface area contributed by atoms with Crippen LogP contribution in [-0.4, -0.2) is 40.6 Å². The van der Waals surface area contributed by atoms with Crippen molar-refractivity contribution in [2.45, 2.75) is 12.6 Å². The SMILES string of the molecule is O=C(c1cc(COc2ccccc2F)[nH]n1)N1CCN[C@@H](c2ccccc2)C1. The Balaban J connectivity index is 1.39. The molecule has 0 bridgehead atoms. The molecule has 1 aliphatic heterocycles. The van der Waals surface area contributed by atoms with Crippen molar-refractivity contribution in [1.29, 1.82) is 0 Å². The molecule has 28 heavy (non-hydrogen) atoms. The topological polar surface area (TPSA) is 70.2 Å². The number of H-pyrrole nitrogens is 1. The van der Waals surface area contributed by atoms with Gasteiger partial charge in [0.1, 0.15) is 6.61 Å². The van der Waals surface area contributed by atoms with Crippen LogP contribution in [0.25, 0.3) is 0 Å². The lowest BCUT2D eigenvalue weighted by Gasteiger charge is -2.33. The van der Waals surface area contributed by atoms with Crippen LogP contribution in [0.2, 0.25) is 0 Å².